The molecule has 4 rings (SSSR count). The van der Waals surface area contributed by atoms with Gasteiger partial charge < -0.3 is 24.6 Å². The van der Waals surface area contributed by atoms with Crippen molar-refractivity contribution in [2.45, 2.75) is 32.5 Å². The summed E-state index contributed by atoms with van der Waals surface area (Å²) in [6.07, 6.45) is 3.39. The number of hydrogen-bond donors (Lipinski definition) is 1. The van der Waals surface area contributed by atoms with Crippen LogP contribution in [0.2, 0.25) is 0 Å². The highest BCUT2D eigenvalue weighted by Gasteiger charge is 2.40. The standard InChI is InChI=1S/C20H28N6O2/c1-3-25(4-2)17-7-5-16(6-8-17)22-19-23-18(15-21-24-19)26-11-9-20(10-12-26)27-13-14-28-20/h5-8,15H,3-4,9-14H2,1-2H3,(H,22,23,24). The molecule has 2 aromatic rings. The van der Waals surface area contributed by atoms with E-state index in [-0.39, 0.29) is 5.79 Å². The summed E-state index contributed by atoms with van der Waals surface area (Å²) in [7, 11) is 0. The molecule has 2 fully saturated rings. The van der Waals surface area contributed by atoms with E-state index in [0.717, 1.165) is 50.5 Å². The molecule has 0 amide bonds. The van der Waals surface area contributed by atoms with E-state index < -0.39 is 0 Å². The smallest absolute Gasteiger partial charge is 0.249 e. The normalized spacial score (nSPS) is 18.4. The fourth-order valence-electron chi connectivity index (χ4n) is 3.84. The second kappa shape index (κ2) is 8.28. The number of ether oxygens (including phenoxy) is 2. The first kappa shape index (κ1) is 18.9. The van der Waals surface area contributed by atoms with E-state index in [0.29, 0.717) is 19.2 Å². The van der Waals surface area contributed by atoms with Crippen molar-refractivity contribution < 1.29 is 9.47 Å². The van der Waals surface area contributed by atoms with Crippen molar-refractivity contribution in [2.75, 3.05) is 54.5 Å². The molecule has 0 aliphatic carbocycles. The van der Waals surface area contributed by atoms with Gasteiger partial charge in [0.25, 0.3) is 0 Å². The van der Waals surface area contributed by atoms with Crippen molar-refractivity contribution in [3.8, 4) is 0 Å². The topological polar surface area (TPSA) is 75.6 Å². The van der Waals surface area contributed by atoms with Crippen molar-refractivity contribution in [3.63, 3.8) is 0 Å². The lowest BCUT2D eigenvalue weighted by Crippen LogP contribution is -2.45. The summed E-state index contributed by atoms with van der Waals surface area (Å²) in [5, 5.41) is 11.5. The summed E-state index contributed by atoms with van der Waals surface area (Å²) in [5.74, 6) is 0.942. The van der Waals surface area contributed by atoms with Gasteiger partial charge in [0.2, 0.25) is 5.95 Å². The summed E-state index contributed by atoms with van der Waals surface area (Å²) in [6.45, 7) is 9.35. The molecular formula is C20H28N6O2. The molecule has 0 unspecified atom stereocenters. The monoisotopic (exact) mass is 384 g/mol. The SMILES string of the molecule is CCN(CC)c1ccc(Nc2nncc(N3CCC4(CC3)OCCO4)n2)cc1. The van der Waals surface area contributed by atoms with E-state index in [1.54, 1.807) is 6.20 Å². The van der Waals surface area contributed by atoms with Crippen LogP contribution in [-0.2, 0) is 9.47 Å². The van der Waals surface area contributed by atoms with Crippen LogP contribution in [0.15, 0.2) is 30.5 Å². The minimum absolute atomic E-state index is 0.384. The summed E-state index contributed by atoms with van der Waals surface area (Å²) in [4.78, 5) is 9.16. The molecular weight excluding hydrogens is 356 g/mol. The lowest BCUT2D eigenvalue weighted by atomic mass is 10.0. The fourth-order valence-corrected chi connectivity index (χ4v) is 3.84. The number of anilines is 4. The molecule has 28 heavy (non-hydrogen) atoms. The van der Waals surface area contributed by atoms with E-state index in [1.165, 1.54) is 5.69 Å². The molecule has 1 aromatic heterocycles. The summed E-state index contributed by atoms with van der Waals surface area (Å²) in [5.41, 5.74) is 2.15. The van der Waals surface area contributed by atoms with Crippen molar-refractivity contribution >= 4 is 23.1 Å². The average Bonchev–Trinajstić information content (AvgIpc) is 3.19. The van der Waals surface area contributed by atoms with Crippen LogP contribution >= 0.6 is 0 Å². The van der Waals surface area contributed by atoms with E-state index >= 15 is 0 Å². The van der Waals surface area contributed by atoms with Gasteiger partial charge in [0.1, 0.15) is 0 Å². The summed E-state index contributed by atoms with van der Waals surface area (Å²) >= 11 is 0. The van der Waals surface area contributed by atoms with Crippen LogP contribution in [0.1, 0.15) is 26.7 Å². The number of benzene rings is 1. The predicted molar refractivity (Wildman–Crippen MR) is 109 cm³/mol. The molecule has 0 radical (unpaired) electrons. The van der Waals surface area contributed by atoms with Gasteiger partial charge in [-0.1, -0.05) is 0 Å². The third kappa shape index (κ3) is 4.02. The van der Waals surface area contributed by atoms with Gasteiger partial charge in [0, 0.05) is 50.4 Å². The number of nitrogens with zero attached hydrogens (tertiary/aromatic N) is 5. The van der Waals surface area contributed by atoms with Crippen molar-refractivity contribution in [2.24, 2.45) is 0 Å². The molecule has 3 heterocycles. The zero-order chi connectivity index (χ0) is 19.4. The van der Waals surface area contributed by atoms with Gasteiger partial charge in [-0.25, -0.2) is 0 Å². The van der Waals surface area contributed by atoms with Gasteiger partial charge in [0.05, 0.1) is 19.4 Å². The Labute approximate surface area is 165 Å². The van der Waals surface area contributed by atoms with Crippen LogP contribution in [0, 0.1) is 0 Å². The minimum atomic E-state index is -0.384. The molecule has 8 heteroatoms. The third-order valence-corrected chi connectivity index (χ3v) is 5.46. The van der Waals surface area contributed by atoms with Gasteiger partial charge in [0.15, 0.2) is 11.6 Å². The van der Waals surface area contributed by atoms with Crippen molar-refractivity contribution in [1.82, 2.24) is 15.2 Å². The lowest BCUT2D eigenvalue weighted by molar-refractivity contribution is -0.169. The number of rotatable bonds is 6. The van der Waals surface area contributed by atoms with Crippen LogP contribution in [0.4, 0.5) is 23.1 Å². The molecule has 0 bridgehead atoms. The Morgan fingerprint density at radius 3 is 2.39 bits per heavy atom. The highest BCUT2D eigenvalue weighted by Crippen LogP contribution is 2.32. The van der Waals surface area contributed by atoms with Crippen LogP contribution in [-0.4, -0.2) is 60.4 Å². The maximum atomic E-state index is 5.80. The second-order valence-electron chi connectivity index (χ2n) is 7.08. The molecule has 1 aromatic carbocycles. The van der Waals surface area contributed by atoms with Gasteiger partial charge in [-0.15, -0.1) is 5.10 Å². The van der Waals surface area contributed by atoms with E-state index in [2.05, 4.69) is 56.3 Å². The maximum absolute atomic E-state index is 5.80. The van der Waals surface area contributed by atoms with E-state index in [9.17, 15) is 0 Å². The first-order chi connectivity index (χ1) is 13.7. The quantitative estimate of drug-likeness (QED) is 0.815. The first-order valence-electron chi connectivity index (χ1n) is 10.1. The van der Waals surface area contributed by atoms with Crippen molar-refractivity contribution in [3.05, 3.63) is 30.5 Å². The Morgan fingerprint density at radius 2 is 1.75 bits per heavy atom. The Kier molecular flexibility index (Phi) is 5.59. The second-order valence-corrected chi connectivity index (χ2v) is 7.08. The Hall–Kier alpha value is -2.45. The molecule has 2 saturated heterocycles. The molecule has 1 spiro atoms. The average molecular weight is 384 g/mol. The number of nitrogens with one attached hydrogen (secondary N) is 1. The van der Waals surface area contributed by atoms with Crippen LogP contribution < -0.4 is 15.1 Å². The van der Waals surface area contributed by atoms with Gasteiger partial charge in [-0.2, -0.15) is 10.1 Å². The first-order valence-corrected chi connectivity index (χ1v) is 10.1. The minimum Gasteiger partial charge on any atom is -0.372 e. The molecule has 0 saturated carbocycles. The Balaban J connectivity index is 1.40. The zero-order valence-electron chi connectivity index (χ0n) is 16.6. The number of hydrogen-bond acceptors (Lipinski definition) is 8. The van der Waals surface area contributed by atoms with E-state index in [1.807, 2.05) is 12.1 Å². The zero-order valence-corrected chi connectivity index (χ0v) is 16.6. The summed E-state index contributed by atoms with van der Waals surface area (Å²) in [6, 6.07) is 8.31. The van der Waals surface area contributed by atoms with E-state index in [4.69, 9.17) is 9.47 Å². The van der Waals surface area contributed by atoms with Gasteiger partial charge in [-0.05, 0) is 38.1 Å². The Bertz CT molecular complexity index is 765. The number of piperidine rings is 1. The molecule has 150 valence electrons. The largest absolute Gasteiger partial charge is 0.372 e. The molecule has 0 atom stereocenters. The molecule has 1 N–H and O–H groups in total. The van der Waals surface area contributed by atoms with Gasteiger partial charge in [-0.3, -0.25) is 0 Å². The summed E-state index contributed by atoms with van der Waals surface area (Å²) < 4.78 is 11.6. The lowest BCUT2D eigenvalue weighted by Gasteiger charge is -2.37. The highest BCUT2D eigenvalue weighted by molar-refractivity contribution is 5.59. The van der Waals surface area contributed by atoms with Gasteiger partial charge >= 0.3 is 0 Å². The third-order valence-electron chi connectivity index (χ3n) is 5.46. The van der Waals surface area contributed by atoms with Crippen LogP contribution in [0.25, 0.3) is 0 Å². The number of aromatic nitrogens is 3. The fraction of sp³-hybridized carbons (Fsp3) is 0.550. The Morgan fingerprint density at radius 1 is 1.07 bits per heavy atom. The molecule has 2 aliphatic heterocycles. The van der Waals surface area contributed by atoms with Crippen LogP contribution in [0.5, 0.6) is 0 Å². The predicted octanol–water partition coefficient (Wildman–Crippen LogP) is 2.80. The molecule has 8 nitrogen and oxygen atoms in total. The van der Waals surface area contributed by atoms with Crippen molar-refractivity contribution in [1.29, 1.82) is 0 Å². The molecule has 2 aliphatic rings. The highest BCUT2D eigenvalue weighted by atomic mass is 16.7. The maximum Gasteiger partial charge on any atom is 0.249 e. The van der Waals surface area contributed by atoms with Crippen LogP contribution in [0.3, 0.4) is 0 Å².